The van der Waals surface area contributed by atoms with Crippen molar-refractivity contribution >= 4 is 11.9 Å². The Labute approximate surface area is 154 Å². The molecule has 4 aliphatic rings. The first kappa shape index (κ1) is 17.4. The standard InChI is InChI=1S/C21H27NO4/c1-14(26-17-6-5-15-3-2-4-16(15)13-17)18(23)22-21-10-7-20(8-11-21,9-12-21)19(24)25/h5-6,13-14H,2-4,7-12H2,1H3,(H,22,23)(H,24,25). The molecule has 0 aromatic heterocycles. The van der Waals surface area contributed by atoms with Crippen LogP contribution in [0.1, 0.15) is 63.0 Å². The van der Waals surface area contributed by atoms with Crippen molar-refractivity contribution in [3.63, 3.8) is 0 Å². The molecule has 1 amide bonds. The van der Waals surface area contributed by atoms with Gasteiger partial charge in [0.05, 0.1) is 5.41 Å². The van der Waals surface area contributed by atoms with Crippen LogP contribution >= 0.6 is 0 Å². The van der Waals surface area contributed by atoms with E-state index in [-0.39, 0.29) is 11.4 Å². The van der Waals surface area contributed by atoms with Gasteiger partial charge in [0.25, 0.3) is 5.91 Å². The van der Waals surface area contributed by atoms with E-state index < -0.39 is 17.5 Å². The summed E-state index contributed by atoms with van der Waals surface area (Å²) in [7, 11) is 0. The molecule has 0 saturated heterocycles. The Kier molecular flexibility index (Phi) is 4.20. The van der Waals surface area contributed by atoms with Crippen LogP contribution in [0, 0.1) is 5.41 Å². The second kappa shape index (κ2) is 6.29. The van der Waals surface area contributed by atoms with Crippen molar-refractivity contribution in [2.45, 2.75) is 76.4 Å². The number of amides is 1. The van der Waals surface area contributed by atoms with E-state index in [9.17, 15) is 14.7 Å². The normalized spacial score (nSPS) is 30.5. The van der Waals surface area contributed by atoms with Crippen molar-refractivity contribution in [2.24, 2.45) is 5.41 Å². The third-order valence-corrected chi connectivity index (χ3v) is 6.84. The van der Waals surface area contributed by atoms with Crippen LogP contribution < -0.4 is 10.1 Å². The van der Waals surface area contributed by atoms with E-state index in [2.05, 4.69) is 17.4 Å². The Morgan fingerprint density at radius 3 is 2.38 bits per heavy atom. The van der Waals surface area contributed by atoms with Gasteiger partial charge in [-0.2, -0.15) is 0 Å². The lowest BCUT2D eigenvalue weighted by Crippen LogP contribution is -2.60. The molecule has 1 aromatic carbocycles. The summed E-state index contributed by atoms with van der Waals surface area (Å²) in [5, 5.41) is 12.7. The zero-order chi connectivity index (χ0) is 18.4. The zero-order valence-corrected chi connectivity index (χ0v) is 15.3. The van der Waals surface area contributed by atoms with Crippen LogP contribution in [-0.2, 0) is 22.4 Å². The molecule has 0 radical (unpaired) electrons. The van der Waals surface area contributed by atoms with Gasteiger partial charge in [0.1, 0.15) is 5.75 Å². The molecule has 1 aromatic rings. The number of aryl methyl sites for hydroxylation is 2. The summed E-state index contributed by atoms with van der Waals surface area (Å²) in [5.74, 6) is -0.0244. The number of aliphatic carboxylic acids is 1. The molecule has 5 rings (SSSR count). The van der Waals surface area contributed by atoms with Crippen LogP contribution in [0.5, 0.6) is 5.75 Å². The smallest absolute Gasteiger partial charge is 0.309 e. The van der Waals surface area contributed by atoms with Crippen LogP contribution in [0.4, 0.5) is 0 Å². The van der Waals surface area contributed by atoms with E-state index in [0.29, 0.717) is 19.3 Å². The molecule has 5 heteroatoms. The molecule has 1 atom stereocenters. The molecule has 0 aliphatic heterocycles. The van der Waals surface area contributed by atoms with Gasteiger partial charge in [0.15, 0.2) is 6.10 Å². The largest absolute Gasteiger partial charge is 0.481 e. The van der Waals surface area contributed by atoms with E-state index >= 15 is 0 Å². The van der Waals surface area contributed by atoms with Crippen molar-refractivity contribution in [1.29, 1.82) is 0 Å². The predicted molar refractivity (Wildman–Crippen MR) is 97.2 cm³/mol. The number of benzene rings is 1. The van der Waals surface area contributed by atoms with Crippen molar-refractivity contribution in [2.75, 3.05) is 0 Å². The lowest BCUT2D eigenvalue weighted by atomic mass is 9.57. The molecule has 3 saturated carbocycles. The molecule has 0 spiro atoms. The number of carboxylic acids is 1. The molecular formula is C21H27NO4. The van der Waals surface area contributed by atoms with Crippen molar-refractivity contribution in [3.8, 4) is 5.75 Å². The van der Waals surface area contributed by atoms with Gasteiger partial charge in [-0.25, -0.2) is 0 Å². The molecule has 1 unspecified atom stereocenters. The first-order chi connectivity index (χ1) is 12.4. The number of carbonyl (C=O) groups excluding carboxylic acids is 1. The highest BCUT2D eigenvalue weighted by molar-refractivity contribution is 5.82. The maximum atomic E-state index is 12.7. The van der Waals surface area contributed by atoms with Crippen LogP contribution in [-0.4, -0.2) is 28.6 Å². The molecule has 140 valence electrons. The average molecular weight is 357 g/mol. The van der Waals surface area contributed by atoms with Gasteiger partial charge in [0.2, 0.25) is 0 Å². The van der Waals surface area contributed by atoms with Crippen LogP contribution in [0.15, 0.2) is 18.2 Å². The average Bonchev–Trinajstić information content (AvgIpc) is 3.10. The molecule has 2 bridgehead atoms. The maximum absolute atomic E-state index is 12.7. The number of ether oxygens (including phenoxy) is 1. The molecule has 3 fully saturated rings. The lowest BCUT2D eigenvalue weighted by molar-refractivity contribution is -0.157. The lowest BCUT2D eigenvalue weighted by Gasteiger charge is -2.51. The molecule has 0 heterocycles. The number of fused-ring (bicyclic) bond motifs is 4. The fourth-order valence-corrected chi connectivity index (χ4v) is 4.94. The fraction of sp³-hybridized carbons (Fsp3) is 0.619. The van der Waals surface area contributed by atoms with Gasteiger partial charge in [-0.05, 0) is 88.0 Å². The van der Waals surface area contributed by atoms with Crippen molar-refractivity contribution in [3.05, 3.63) is 29.3 Å². The summed E-state index contributed by atoms with van der Waals surface area (Å²) < 4.78 is 5.90. The quantitative estimate of drug-likeness (QED) is 0.848. The van der Waals surface area contributed by atoms with Crippen LogP contribution in [0.25, 0.3) is 0 Å². The minimum absolute atomic E-state index is 0.102. The number of rotatable bonds is 5. The third-order valence-electron chi connectivity index (χ3n) is 6.84. The van der Waals surface area contributed by atoms with E-state index in [1.165, 1.54) is 17.5 Å². The first-order valence-corrected chi connectivity index (χ1v) is 9.75. The van der Waals surface area contributed by atoms with Gasteiger partial charge in [0, 0.05) is 5.54 Å². The summed E-state index contributed by atoms with van der Waals surface area (Å²) in [5.41, 5.74) is 1.92. The number of nitrogens with one attached hydrogen (secondary N) is 1. The van der Waals surface area contributed by atoms with E-state index in [1.807, 2.05) is 6.07 Å². The second-order valence-corrected chi connectivity index (χ2v) is 8.40. The number of carbonyl (C=O) groups is 2. The summed E-state index contributed by atoms with van der Waals surface area (Å²) in [6, 6.07) is 6.12. The highest BCUT2D eigenvalue weighted by Gasteiger charge is 2.53. The van der Waals surface area contributed by atoms with Gasteiger partial charge in [-0.15, -0.1) is 0 Å². The third kappa shape index (κ3) is 2.97. The molecule has 4 aliphatic carbocycles. The number of carboxylic acid groups (broad SMARTS) is 1. The SMILES string of the molecule is CC(Oc1ccc2c(c1)CCC2)C(=O)NC12CCC(C(=O)O)(CC1)CC2. The maximum Gasteiger partial charge on any atom is 0.309 e. The highest BCUT2D eigenvalue weighted by atomic mass is 16.5. The van der Waals surface area contributed by atoms with E-state index in [0.717, 1.165) is 37.9 Å². The Balaban J connectivity index is 1.37. The minimum Gasteiger partial charge on any atom is -0.481 e. The summed E-state index contributed by atoms with van der Waals surface area (Å²) in [4.78, 5) is 24.2. The zero-order valence-electron chi connectivity index (χ0n) is 15.3. The second-order valence-electron chi connectivity index (χ2n) is 8.40. The van der Waals surface area contributed by atoms with Gasteiger partial charge >= 0.3 is 5.97 Å². The van der Waals surface area contributed by atoms with Gasteiger partial charge in [-0.1, -0.05) is 6.07 Å². The Bertz CT molecular complexity index is 717. The van der Waals surface area contributed by atoms with Crippen molar-refractivity contribution in [1.82, 2.24) is 5.32 Å². The topological polar surface area (TPSA) is 75.6 Å². The summed E-state index contributed by atoms with van der Waals surface area (Å²) in [6.07, 6.45) is 7.05. The van der Waals surface area contributed by atoms with E-state index in [4.69, 9.17) is 4.74 Å². The monoisotopic (exact) mass is 357 g/mol. The van der Waals surface area contributed by atoms with Crippen LogP contribution in [0.2, 0.25) is 0 Å². The van der Waals surface area contributed by atoms with Gasteiger partial charge in [-0.3, -0.25) is 9.59 Å². The van der Waals surface area contributed by atoms with Crippen molar-refractivity contribution < 1.29 is 19.4 Å². The summed E-state index contributed by atoms with van der Waals surface area (Å²) >= 11 is 0. The van der Waals surface area contributed by atoms with E-state index in [1.54, 1.807) is 6.92 Å². The minimum atomic E-state index is -0.676. The Morgan fingerprint density at radius 2 is 1.73 bits per heavy atom. The number of hydrogen-bond acceptors (Lipinski definition) is 3. The summed E-state index contributed by atoms with van der Waals surface area (Å²) in [6.45, 7) is 1.78. The number of hydrogen-bond donors (Lipinski definition) is 2. The van der Waals surface area contributed by atoms with Crippen LogP contribution in [0.3, 0.4) is 0 Å². The van der Waals surface area contributed by atoms with Gasteiger partial charge < -0.3 is 15.2 Å². The Hall–Kier alpha value is -2.04. The Morgan fingerprint density at radius 1 is 1.08 bits per heavy atom. The molecular weight excluding hydrogens is 330 g/mol. The predicted octanol–water partition coefficient (Wildman–Crippen LogP) is 3.24. The fourth-order valence-electron chi connectivity index (χ4n) is 4.94. The highest BCUT2D eigenvalue weighted by Crippen LogP contribution is 2.52. The molecule has 2 N–H and O–H groups in total. The molecule has 26 heavy (non-hydrogen) atoms. The first-order valence-electron chi connectivity index (χ1n) is 9.75. The molecule has 5 nitrogen and oxygen atoms in total.